The summed E-state index contributed by atoms with van der Waals surface area (Å²) in [7, 11) is -15.0. The third-order valence-corrected chi connectivity index (χ3v) is 3.30. The van der Waals surface area contributed by atoms with Crippen molar-refractivity contribution >= 4 is 72.3 Å². The van der Waals surface area contributed by atoms with Crippen molar-refractivity contribution in [3.63, 3.8) is 0 Å². The first-order chi connectivity index (χ1) is 13.4. The third kappa shape index (κ3) is 45.3. The Labute approximate surface area is 216 Å². The predicted molar refractivity (Wildman–Crippen MR) is 91.5 cm³/mol. The summed E-state index contributed by atoms with van der Waals surface area (Å²) in [6.07, 6.45) is -3.97. The first-order valence-electron chi connectivity index (χ1n) is 7.23. The molecule has 0 aromatic heterocycles. The molecule has 0 rings (SSSR count). The van der Waals surface area contributed by atoms with Gasteiger partial charge in [0.25, 0.3) is 0 Å². The Hall–Kier alpha value is 1.73. The predicted octanol–water partition coefficient (Wildman–Crippen LogP) is -9.21. The van der Waals surface area contributed by atoms with E-state index in [1.807, 2.05) is 0 Å². The second kappa shape index (κ2) is 23.1. The molecule has 0 saturated carbocycles. The van der Waals surface area contributed by atoms with Gasteiger partial charge in [0.2, 0.25) is 0 Å². The summed E-state index contributed by atoms with van der Waals surface area (Å²) in [6.45, 7) is -4.00. The van der Waals surface area contributed by atoms with Gasteiger partial charge < -0.3 is 87.3 Å². The average Bonchev–Trinajstić information content (AvgIpc) is 2.61. The molecule has 0 aliphatic carbocycles. The van der Waals surface area contributed by atoms with E-state index in [-0.39, 0.29) is 48.9 Å². The first kappa shape index (κ1) is 43.8. The summed E-state index contributed by atoms with van der Waals surface area (Å²) >= 11 is 0. The number of rotatable bonds is 12. The average molecular weight is 754 g/mol. The van der Waals surface area contributed by atoms with Crippen molar-refractivity contribution in [2.24, 2.45) is 0 Å². The number of hydrogen-bond acceptors (Lipinski definition) is 18. The zero-order valence-corrected chi connectivity index (χ0v) is 23.6. The first-order valence-corrected chi connectivity index (χ1v) is 11.6. The Bertz CT molecular complexity index is 474. The fourth-order valence-electron chi connectivity index (χ4n) is 0.690. The summed E-state index contributed by atoms with van der Waals surface area (Å²) < 4.78 is 40.0. The molecule has 18 nitrogen and oxygen atoms in total. The van der Waals surface area contributed by atoms with E-state index < -0.39 is 81.4 Å². The van der Waals surface area contributed by atoms with Crippen LogP contribution in [-0.2, 0) is 27.3 Å². The van der Waals surface area contributed by atoms with Crippen molar-refractivity contribution in [3.05, 3.63) is 0 Å². The van der Waals surface area contributed by atoms with Crippen LogP contribution in [0, 0.1) is 0 Å². The molecule has 0 heterocycles. The van der Waals surface area contributed by atoms with Crippen LogP contribution in [0.1, 0.15) is 0 Å². The Morgan fingerprint density at radius 2 is 0.688 bits per heavy atom. The quantitative estimate of drug-likeness (QED) is 0.0796. The molecule has 0 spiro atoms. The number of aliphatic hydroxyl groups is 6. The SMILES string of the molecule is O=P([O-])([O-])OCC(O)CO.O=P([O-])([O-])OCC(O)CO.O=P([O-])([O-])OCC(O)CO.[Sb+3].[Sb+3]. The number of aliphatic hydroxyl groups excluding tert-OH is 6. The van der Waals surface area contributed by atoms with Gasteiger partial charge in [-0.05, 0) is 0 Å². The molecule has 0 aliphatic rings. The van der Waals surface area contributed by atoms with Gasteiger partial charge in [-0.2, -0.15) is 0 Å². The third-order valence-electron chi connectivity index (χ3n) is 1.91. The van der Waals surface area contributed by atoms with Crippen molar-refractivity contribution in [2.75, 3.05) is 39.6 Å². The zero-order chi connectivity index (χ0) is 24.6. The minimum Gasteiger partial charge on any atom is -0.790 e. The van der Waals surface area contributed by atoms with Gasteiger partial charge in [-0.3, -0.25) is 0 Å². The van der Waals surface area contributed by atoms with Gasteiger partial charge in [0.15, 0.2) is 0 Å². The van der Waals surface area contributed by atoms with Gasteiger partial charge >= 0.3 is 48.9 Å². The molecular formula is C9H21O18P3Sb2. The fourth-order valence-corrected chi connectivity index (χ4v) is 1.75. The largest absolute Gasteiger partial charge is 3.00 e. The molecule has 0 bridgehead atoms. The molecule has 3 atom stereocenters. The van der Waals surface area contributed by atoms with Gasteiger partial charge in [0, 0.05) is 0 Å². The van der Waals surface area contributed by atoms with Crippen LogP contribution >= 0.6 is 23.5 Å². The molecule has 32 heavy (non-hydrogen) atoms. The van der Waals surface area contributed by atoms with E-state index in [4.69, 9.17) is 30.6 Å². The molecule has 0 aromatic rings. The van der Waals surface area contributed by atoms with Crippen molar-refractivity contribution in [2.45, 2.75) is 18.3 Å². The molecule has 23 heteroatoms. The van der Waals surface area contributed by atoms with Crippen molar-refractivity contribution in [1.29, 1.82) is 0 Å². The molecule has 0 amide bonds. The van der Waals surface area contributed by atoms with Gasteiger partial charge in [-0.1, -0.05) is 0 Å². The van der Waals surface area contributed by atoms with Gasteiger partial charge in [0.1, 0.15) is 18.3 Å². The van der Waals surface area contributed by atoms with Crippen molar-refractivity contribution in [1.82, 2.24) is 0 Å². The molecular weight excluding hydrogens is 733 g/mol. The molecule has 0 aliphatic heterocycles. The van der Waals surface area contributed by atoms with E-state index in [0.717, 1.165) is 0 Å². The van der Waals surface area contributed by atoms with E-state index in [1.165, 1.54) is 0 Å². The van der Waals surface area contributed by atoms with E-state index in [1.54, 1.807) is 0 Å². The smallest absolute Gasteiger partial charge is 0.790 e. The second-order valence-corrected chi connectivity index (χ2v) is 8.20. The molecule has 0 fully saturated rings. The Morgan fingerprint density at radius 3 is 0.781 bits per heavy atom. The van der Waals surface area contributed by atoms with E-state index in [2.05, 4.69) is 13.6 Å². The van der Waals surface area contributed by atoms with Gasteiger partial charge in [-0.15, -0.1) is 0 Å². The van der Waals surface area contributed by atoms with Crippen LogP contribution in [0.15, 0.2) is 0 Å². The number of hydrogen-bond donors (Lipinski definition) is 6. The van der Waals surface area contributed by atoms with Crippen LogP contribution < -0.4 is 29.4 Å². The molecule has 4 radical (unpaired) electrons. The molecule has 190 valence electrons. The van der Waals surface area contributed by atoms with Gasteiger partial charge in [0.05, 0.1) is 63.1 Å². The Kier molecular flexibility index (Phi) is 31.7. The van der Waals surface area contributed by atoms with Crippen LogP contribution in [0.3, 0.4) is 0 Å². The summed E-state index contributed by atoms with van der Waals surface area (Å²) in [5.74, 6) is 0. The van der Waals surface area contributed by atoms with Crippen LogP contribution in [-0.4, -0.2) is 137 Å². The second-order valence-electron chi connectivity index (χ2n) is 4.74. The maximum Gasteiger partial charge on any atom is 3.00 e. The van der Waals surface area contributed by atoms with E-state index in [9.17, 15) is 43.1 Å². The number of phosphoric acid groups is 3. The summed E-state index contributed by atoms with van der Waals surface area (Å²) in [5.41, 5.74) is 0. The van der Waals surface area contributed by atoms with Crippen LogP contribution in [0.5, 0.6) is 0 Å². The summed E-state index contributed by atoms with van der Waals surface area (Å²) in [5, 5.41) is 49.7. The fraction of sp³-hybridized carbons (Fsp3) is 1.00. The standard InChI is InChI=1S/3C3H9O6P.2Sb/c3*4-1-3(5)2-9-10(6,7)8;;/h3*3-5H,1-2H2,(H2,6,7,8);;/q;;;2*+3/p-6. The van der Waals surface area contributed by atoms with Crippen LogP contribution in [0.4, 0.5) is 0 Å². The summed E-state index contributed by atoms with van der Waals surface area (Å²) in [4.78, 5) is 58.3. The minimum atomic E-state index is -5.00. The monoisotopic (exact) mass is 752 g/mol. The zero-order valence-electron chi connectivity index (χ0n) is 15.8. The normalized spacial score (nSPS) is 14.2. The van der Waals surface area contributed by atoms with Crippen molar-refractivity contribution in [3.8, 4) is 0 Å². The molecule has 6 N–H and O–H groups in total. The molecule has 0 aromatic carbocycles. The maximum atomic E-state index is 9.71. The van der Waals surface area contributed by atoms with Gasteiger partial charge in [-0.25, -0.2) is 0 Å². The van der Waals surface area contributed by atoms with Crippen LogP contribution in [0.2, 0.25) is 0 Å². The molecule has 3 unspecified atom stereocenters. The molecule has 0 saturated heterocycles. The van der Waals surface area contributed by atoms with Crippen molar-refractivity contribution < 1.29 is 87.3 Å². The number of phosphoric ester groups is 3. The minimum absolute atomic E-state index is 0. The maximum absolute atomic E-state index is 9.71. The van der Waals surface area contributed by atoms with E-state index in [0.29, 0.717) is 0 Å². The van der Waals surface area contributed by atoms with Crippen LogP contribution in [0.25, 0.3) is 0 Å². The summed E-state index contributed by atoms with van der Waals surface area (Å²) in [6, 6.07) is 0. The van der Waals surface area contributed by atoms with E-state index >= 15 is 0 Å². The topological polar surface area (TPSA) is 339 Å². The Morgan fingerprint density at radius 1 is 0.531 bits per heavy atom. The Balaban J connectivity index is -0.000000110.